The maximum absolute atomic E-state index is 6.03. The molecule has 1 fully saturated rings. The van der Waals surface area contributed by atoms with Crippen molar-refractivity contribution in [2.75, 3.05) is 0 Å². The third-order valence-corrected chi connectivity index (χ3v) is 4.71. The Morgan fingerprint density at radius 3 is 3.06 bits per heavy atom. The third-order valence-electron chi connectivity index (χ3n) is 3.70. The number of hydrogen-bond donors (Lipinski definition) is 1. The molecule has 1 aliphatic rings. The summed E-state index contributed by atoms with van der Waals surface area (Å²) >= 11 is 1.80. The molecule has 0 spiro atoms. The van der Waals surface area contributed by atoms with E-state index in [1.54, 1.807) is 11.3 Å². The highest BCUT2D eigenvalue weighted by molar-refractivity contribution is 7.17. The molecule has 2 aromatic rings. The maximum atomic E-state index is 6.03. The van der Waals surface area contributed by atoms with E-state index in [-0.39, 0.29) is 0 Å². The van der Waals surface area contributed by atoms with Gasteiger partial charge in [-0.2, -0.15) is 0 Å². The summed E-state index contributed by atoms with van der Waals surface area (Å²) in [6.45, 7) is 0.724. The monoisotopic (exact) mass is 261 g/mol. The van der Waals surface area contributed by atoms with Gasteiger partial charge in [-0.1, -0.05) is 18.2 Å². The molecule has 3 rings (SSSR count). The molecule has 18 heavy (non-hydrogen) atoms. The first-order valence-electron chi connectivity index (χ1n) is 6.65. The van der Waals surface area contributed by atoms with Crippen LogP contribution in [0.2, 0.25) is 0 Å². The van der Waals surface area contributed by atoms with Gasteiger partial charge in [0.05, 0.1) is 12.7 Å². The van der Waals surface area contributed by atoms with Crippen molar-refractivity contribution < 1.29 is 4.74 Å². The molecule has 0 bridgehead atoms. The molecule has 1 saturated carbocycles. The van der Waals surface area contributed by atoms with Crippen molar-refractivity contribution in [3.05, 3.63) is 35.2 Å². The molecular formula is C15H19NOS. The lowest BCUT2D eigenvalue weighted by Crippen LogP contribution is -2.32. The molecule has 2 atom stereocenters. The van der Waals surface area contributed by atoms with Gasteiger partial charge in [0, 0.05) is 10.7 Å². The van der Waals surface area contributed by atoms with E-state index in [2.05, 4.69) is 29.6 Å². The lowest BCUT2D eigenvalue weighted by atomic mass is 9.93. The first kappa shape index (κ1) is 12.2. The first-order chi connectivity index (χ1) is 8.83. The number of hydrogen-bond acceptors (Lipinski definition) is 3. The normalized spacial score (nSPS) is 24.5. The van der Waals surface area contributed by atoms with Gasteiger partial charge in [-0.15, -0.1) is 11.3 Å². The van der Waals surface area contributed by atoms with Crippen LogP contribution in [0.5, 0.6) is 0 Å². The van der Waals surface area contributed by atoms with Crippen LogP contribution in [0.25, 0.3) is 10.1 Å². The zero-order valence-electron chi connectivity index (χ0n) is 10.5. The van der Waals surface area contributed by atoms with E-state index in [1.165, 1.54) is 22.1 Å². The highest BCUT2D eigenvalue weighted by Crippen LogP contribution is 2.28. The summed E-state index contributed by atoms with van der Waals surface area (Å²) in [6.07, 6.45) is 4.89. The summed E-state index contributed by atoms with van der Waals surface area (Å²) in [7, 11) is 0. The van der Waals surface area contributed by atoms with Crippen LogP contribution in [0.4, 0.5) is 0 Å². The largest absolute Gasteiger partial charge is 0.373 e. The number of fused-ring (bicyclic) bond motifs is 1. The van der Waals surface area contributed by atoms with Crippen LogP contribution >= 0.6 is 11.3 Å². The van der Waals surface area contributed by atoms with Crippen LogP contribution in [0, 0.1) is 0 Å². The van der Waals surface area contributed by atoms with Crippen molar-refractivity contribution in [1.82, 2.24) is 0 Å². The third kappa shape index (κ3) is 2.58. The molecule has 2 unspecified atom stereocenters. The van der Waals surface area contributed by atoms with Gasteiger partial charge >= 0.3 is 0 Å². The van der Waals surface area contributed by atoms with Crippen molar-refractivity contribution in [2.45, 2.75) is 44.4 Å². The molecule has 1 aromatic heterocycles. The zero-order chi connectivity index (χ0) is 12.4. The van der Waals surface area contributed by atoms with Gasteiger partial charge in [-0.25, -0.2) is 0 Å². The number of benzene rings is 1. The second-order valence-corrected chi connectivity index (χ2v) is 6.03. The number of nitrogens with two attached hydrogens (primary N) is 1. The van der Waals surface area contributed by atoms with Crippen molar-refractivity contribution in [2.24, 2.45) is 5.73 Å². The standard InChI is InChI=1S/C15H19NOS/c16-12-4-3-5-13(8-12)17-9-11-10-18-15-7-2-1-6-14(11)15/h1-2,6-7,10,12-13H,3-5,8-9,16H2. The SMILES string of the molecule is NC1CCCC(OCc2csc3ccccc23)C1. The molecule has 2 nitrogen and oxygen atoms in total. The van der Waals surface area contributed by atoms with Crippen LogP contribution in [0.3, 0.4) is 0 Å². The molecule has 3 heteroatoms. The Bertz CT molecular complexity index is 522. The fourth-order valence-electron chi connectivity index (χ4n) is 2.68. The Kier molecular flexibility index (Phi) is 3.64. The van der Waals surface area contributed by atoms with Crippen LogP contribution < -0.4 is 5.73 Å². The number of ether oxygens (including phenoxy) is 1. The summed E-state index contributed by atoms with van der Waals surface area (Å²) in [5.41, 5.74) is 7.30. The molecule has 1 aliphatic carbocycles. The molecule has 1 aromatic carbocycles. The Morgan fingerprint density at radius 1 is 1.28 bits per heavy atom. The number of rotatable bonds is 3. The minimum Gasteiger partial charge on any atom is -0.373 e. The minimum absolute atomic E-state index is 0.336. The smallest absolute Gasteiger partial charge is 0.0734 e. The summed E-state index contributed by atoms with van der Waals surface area (Å²) in [5, 5.41) is 3.55. The van der Waals surface area contributed by atoms with E-state index < -0.39 is 0 Å². The predicted molar refractivity (Wildman–Crippen MR) is 76.8 cm³/mol. The second kappa shape index (κ2) is 5.39. The maximum Gasteiger partial charge on any atom is 0.0734 e. The van der Waals surface area contributed by atoms with Crippen molar-refractivity contribution in [3.8, 4) is 0 Å². The van der Waals surface area contributed by atoms with Crippen molar-refractivity contribution in [1.29, 1.82) is 0 Å². The van der Waals surface area contributed by atoms with E-state index in [9.17, 15) is 0 Å². The highest BCUT2D eigenvalue weighted by atomic mass is 32.1. The van der Waals surface area contributed by atoms with Crippen LogP contribution in [0.15, 0.2) is 29.6 Å². The number of thiophene rings is 1. The molecule has 0 aliphatic heterocycles. The minimum atomic E-state index is 0.336. The second-order valence-electron chi connectivity index (χ2n) is 5.12. The van der Waals surface area contributed by atoms with E-state index in [4.69, 9.17) is 10.5 Å². The molecule has 1 heterocycles. The zero-order valence-corrected chi connectivity index (χ0v) is 11.3. The summed E-state index contributed by atoms with van der Waals surface area (Å²) < 4.78 is 7.38. The lowest BCUT2D eigenvalue weighted by molar-refractivity contribution is 0.0129. The van der Waals surface area contributed by atoms with Crippen molar-refractivity contribution >= 4 is 21.4 Å². The average molecular weight is 261 g/mol. The average Bonchev–Trinajstić information content (AvgIpc) is 2.80. The Hall–Kier alpha value is -0.900. The topological polar surface area (TPSA) is 35.2 Å². The van der Waals surface area contributed by atoms with E-state index in [1.807, 2.05) is 0 Å². The van der Waals surface area contributed by atoms with E-state index >= 15 is 0 Å². The Morgan fingerprint density at radius 2 is 2.17 bits per heavy atom. The van der Waals surface area contributed by atoms with Crippen LogP contribution in [-0.2, 0) is 11.3 Å². The van der Waals surface area contributed by atoms with Crippen LogP contribution in [-0.4, -0.2) is 12.1 Å². The van der Waals surface area contributed by atoms with Crippen LogP contribution in [0.1, 0.15) is 31.2 Å². The van der Waals surface area contributed by atoms with Gasteiger partial charge in [0.2, 0.25) is 0 Å². The molecular weight excluding hydrogens is 242 g/mol. The van der Waals surface area contributed by atoms with E-state index in [0.29, 0.717) is 12.1 Å². The fourth-order valence-corrected chi connectivity index (χ4v) is 3.63. The molecule has 2 N–H and O–H groups in total. The van der Waals surface area contributed by atoms with Gasteiger partial charge in [0.15, 0.2) is 0 Å². The predicted octanol–water partition coefficient (Wildman–Crippen LogP) is 3.69. The fraction of sp³-hybridized carbons (Fsp3) is 0.467. The van der Waals surface area contributed by atoms with Crippen molar-refractivity contribution in [3.63, 3.8) is 0 Å². The van der Waals surface area contributed by atoms with Gasteiger partial charge < -0.3 is 10.5 Å². The van der Waals surface area contributed by atoms with Gasteiger partial charge in [-0.3, -0.25) is 0 Å². The quantitative estimate of drug-likeness (QED) is 0.914. The summed E-state index contributed by atoms with van der Waals surface area (Å²) in [4.78, 5) is 0. The van der Waals surface area contributed by atoms with Gasteiger partial charge in [0.1, 0.15) is 0 Å². The Balaban J connectivity index is 1.66. The van der Waals surface area contributed by atoms with Gasteiger partial charge in [0.25, 0.3) is 0 Å². The molecule has 96 valence electrons. The molecule has 0 saturated heterocycles. The molecule has 0 amide bonds. The summed E-state index contributed by atoms with van der Waals surface area (Å²) in [6, 6.07) is 8.86. The first-order valence-corrected chi connectivity index (χ1v) is 7.53. The Labute approximate surface area is 112 Å². The van der Waals surface area contributed by atoms with E-state index in [0.717, 1.165) is 25.9 Å². The highest BCUT2D eigenvalue weighted by Gasteiger charge is 2.19. The molecule has 0 radical (unpaired) electrons. The summed E-state index contributed by atoms with van der Waals surface area (Å²) in [5.74, 6) is 0. The van der Waals surface area contributed by atoms with Gasteiger partial charge in [-0.05, 0) is 48.1 Å². The lowest BCUT2D eigenvalue weighted by Gasteiger charge is -2.26.